The fourth-order valence-electron chi connectivity index (χ4n) is 2.28. The zero-order valence-electron chi connectivity index (χ0n) is 10.2. The molecule has 3 nitrogen and oxygen atoms in total. The number of rotatable bonds is 2. The van der Waals surface area contributed by atoms with Gasteiger partial charge < -0.3 is 10.6 Å². The number of aromatic nitrogens is 1. The molecule has 2 atom stereocenters. The molecule has 2 heterocycles. The monoisotopic (exact) mass is 219 g/mol. The van der Waals surface area contributed by atoms with Crippen molar-refractivity contribution in [2.24, 2.45) is 11.7 Å². The lowest BCUT2D eigenvalue weighted by atomic mass is 10.00. The fourth-order valence-corrected chi connectivity index (χ4v) is 2.28. The van der Waals surface area contributed by atoms with Crippen molar-refractivity contribution >= 4 is 5.69 Å². The van der Waals surface area contributed by atoms with Crippen LogP contribution in [-0.4, -0.2) is 18.1 Å². The van der Waals surface area contributed by atoms with E-state index in [1.807, 2.05) is 19.2 Å². The van der Waals surface area contributed by atoms with Crippen LogP contribution in [0.3, 0.4) is 0 Å². The second-order valence-corrected chi connectivity index (χ2v) is 4.92. The third-order valence-electron chi connectivity index (χ3n) is 3.26. The first-order valence-electron chi connectivity index (χ1n) is 6.13. The Morgan fingerprint density at radius 2 is 2.31 bits per heavy atom. The summed E-state index contributed by atoms with van der Waals surface area (Å²) in [4.78, 5) is 6.83. The minimum atomic E-state index is 0.0225. The largest absolute Gasteiger partial charge is 0.370 e. The highest BCUT2D eigenvalue weighted by molar-refractivity contribution is 5.45. The molecule has 0 spiro atoms. The van der Waals surface area contributed by atoms with E-state index in [9.17, 15) is 0 Å². The van der Waals surface area contributed by atoms with Crippen molar-refractivity contribution in [1.29, 1.82) is 0 Å². The zero-order valence-corrected chi connectivity index (χ0v) is 10.2. The number of anilines is 1. The summed E-state index contributed by atoms with van der Waals surface area (Å²) < 4.78 is 0. The van der Waals surface area contributed by atoms with Crippen LogP contribution in [0.5, 0.6) is 0 Å². The van der Waals surface area contributed by atoms with Gasteiger partial charge in [0, 0.05) is 19.1 Å². The van der Waals surface area contributed by atoms with E-state index >= 15 is 0 Å². The van der Waals surface area contributed by atoms with Gasteiger partial charge in [-0.3, -0.25) is 4.98 Å². The molecule has 2 N–H and O–H groups in total. The maximum atomic E-state index is 5.79. The first-order valence-corrected chi connectivity index (χ1v) is 6.13. The molecule has 1 aliphatic rings. The molecule has 16 heavy (non-hydrogen) atoms. The average molecular weight is 219 g/mol. The van der Waals surface area contributed by atoms with Crippen LogP contribution in [0, 0.1) is 5.92 Å². The van der Waals surface area contributed by atoms with E-state index < -0.39 is 0 Å². The summed E-state index contributed by atoms with van der Waals surface area (Å²) >= 11 is 0. The van der Waals surface area contributed by atoms with Crippen molar-refractivity contribution in [3.63, 3.8) is 0 Å². The number of nitrogens with two attached hydrogens (primary N) is 1. The molecule has 88 valence electrons. The summed E-state index contributed by atoms with van der Waals surface area (Å²) in [5, 5.41) is 0. The Morgan fingerprint density at radius 3 is 2.88 bits per heavy atom. The summed E-state index contributed by atoms with van der Waals surface area (Å²) in [6.45, 7) is 6.59. The Hall–Kier alpha value is -1.09. The van der Waals surface area contributed by atoms with Gasteiger partial charge >= 0.3 is 0 Å². The molecule has 2 rings (SSSR count). The lowest BCUT2D eigenvalue weighted by Gasteiger charge is -2.32. The van der Waals surface area contributed by atoms with Crippen LogP contribution in [0.2, 0.25) is 0 Å². The maximum Gasteiger partial charge on any atom is 0.0569 e. The Labute approximate surface area is 97.7 Å². The number of piperidine rings is 1. The maximum absolute atomic E-state index is 5.79. The minimum absolute atomic E-state index is 0.0225. The van der Waals surface area contributed by atoms with Crippen molar-refractivity contribution in [3.8, 4) is 0 Å². The van der Waals surface area contributed by atoms with Crippen molar-refractivity contribution in [2.45, 2.75) is 32.7 Å². The van der Waals surface area contributed by atoms with Crippen molar-refractivity contribution < 1.29 is 0 Å². The Morgan fingerprint density at radius 1 is 1.50 bits per heavy atom. The topological polar surface area (TPSA) is 42.1 Å². The smallest absolute Gasteiger partial charge is 0.0569 e. The molecule has 1 fully saturated rings. The first-order chi connectivity index (χ1) is 7.66. The van der Waals surface area contributed by atoms with Gasteiger partial charge in [-0.2, -0.15) is 0 Å². The summed E-state index contributed by atoms with van der Waals surface area (Å²) in [7, 11) is 0. The second-order valence-electron chi connectivity index (χ2n) is 4.92. The average Bonchev–Trinajstić information content (AvgIpc) is 2.29. The van der Waals surface area contributed by atoms with Crippen LogP contribution < -0.4 is 10.6 Å². The van der Waals surface area contributed by atoms with Crippen molar-refractivity contribution in [3.05, 3.63) is 24.0 Å². The first kappa shape index (κ1) is 11.4. The lowest BCUT2D eigenvalue weighted by Crippen LogP contribution is -2.34. The Kier molecular flexibility index (Phi) is 3.44. The van der Waals surface area contributed by atoms with Crippen LogP contribution in [0.15, 0.2) is 18.3 Å². The van der Waals surface area contributed by atoms with E-state index in [1.54, 1.807) is 0 Å². The van der Waals surface area contributed by atoms with E-state index in [4.69, 9.17) is 5.73 Å². The predicted molar refractivity (Wildman–Crippen MR) is 67.5 cm³/mol. The van der Waals surface area contributed by atoms with E-state index in [1.165, 1.54) is 18.5 Å². The van der Waals surface area contributed by atoms with E-state index in [0.717, 1.165) is 24.7 Å². The van der Waals surface area contributed by atoms with Crippen LogP contribution >= 0.6 is 0 Å². The lowest BCUT2D eigenvalue weighted by molar-refractivity contribution is 0.446. The van der Waals surface area contributed by atoms with Gasteiger partial charge in [-0.1, -0.05) is 6.92 Å². The van der Waals surface area contributed by atoms with Gasteiger partial charge in [0.05, 0.1) is 17.6 Å². The predicted octanol–water partition coefficient (Wildman–Crippen LogP) is 2.34. The molecule has 0 aliphatic carbocycles. The molecule has 0 radical (unpaired) electrons. The summed E-state index contributed by atoms with van der Waals surface area (Å²) in [6.07, 6.45) is 4.59. The summed E-state index contributed by atoms with van der Waals surface area (Å²) in [6, 6.07) is 4.21. The molecule has 1 saturated heterocycles. The van der Waals surface area contributed by atoms with E-state index in [2.05, 4.69) is 22.9 Å². The number of pyridine rings is 1. The van der Waals surface area contributed by atoms with Crippen LogP contribution in [0.4, 0.5) is 5.69 Å². The molecule has 0 bridgehead atoms. The number of nitrogens with zero attached hydrogens (tertiary/aromatic N) is 2. The molecule has 0 amide bonds. The van der Waals surface area contributed by atoms with Crippen LogP contribution in [0.1, 0.15) is 38.4 Å². The number of hydrogen-bond donors (Lipinski definition) is 1. The van der Waals surface area contributed by atoms with Crippen LogP contribution in [-0.2, 0) is 0 Å². The van der Waals surface area contributed by atoms with E-state index in [-0.39, 0.29) is 6.04 Å². The molecular formula is C13H21N3. The molecule has 0 aromatic carbocycles. The van der Waals surface area contributed by atoms with Gasteiger partial charge in [-0.15, -0.1) is 0 Å². The fraction of sp³-hybridized carbons (Fsp3) is 0.615. The second kappa shape index (κ2) is 4.83. The van der Waals surface area contributed by atoms with Gasteiger partial charge in [-0.05, 0) is 37.8 Å². The molecule has 1 aliphatic heterocycles. The van der Waals surface area contributed by atoms with Gasteiger partial charge in [-0.25, -0.2) is 0 Å². The normalized spacial score (nSPS) is 23.2. The van der Waals surface area contributed by atoms with Gasteiger partial charge in [0.25, 0.3) is 0 Å². The van der Waals surface area contributed by atoms with Gasteiger partial charge in [0.15, 0.2) is 0 Å². The minimum Gasteiger partial charge on any atom is -0.370 e. The standard InChI is InChI=1S/C13H21N3/c1-10-4-3-7-16(9-10)12-5-6-13(11(2)14)15-8-12/h5-6,8,10-11H,3-4,7,9,14H2,1-2H3/t10?,11-/m0/s1. The molecular weight excluding hydrogens is 198 g/mol. The van der Waals surface area contributed by atoms with Gasteiger partial charge in [0.2, 0.25) is 0 Å². The number of hydrogen-bond acceptors (Lipinski definition) is 3. The highest BCUT2D eigenvalue weighted by atomic mass is 15.1. The summed E-state index contributed by atoms with van der Waals surface area (Å²) in [5.74, 6) is 0.793. The Bertz CT molecular complexity index is 332. The molecule has 1 unspecified atom stereocenters. The van der Waals surface area contributed by atoms with Crippen molar-refractivity contribution in [2.75, 3.05) is 18.0 Å². The molecule has 1 aromatic heterocycles. The molecule has 0 saturated carbocycles. The summed E-state index contributed by atoms with van der Waals surface area (Å²) in [5.41, 5.74) is 7.99. The van der Waals surface area contributed by atoms with Crippen LogP contribution in [0.25, 0.3) is 0 Å². The van der Waals surface area contributed by atoms with Gasteiger partial charge in [0.1, 0.15) is 0 Å². The Balaban J connectivity index is 2.09. The quantitative estimate of drug-likeness (QED) is 0.830. The van der Waals surface area contributed by atoms with Crippen molar-refractivity contribution in [1.82, 2.24) is 4.98 Å². The third-order valence-corrected chi connectivity index (χ3v) is 3.26. The SMILES string of the molecule is CC1CCCN(c2ccc([C@H](C)N)nc2)C1. The van der Waals surface area contributed by atoms with E-state index in [0.29, 0.717) is 0 Å². The highest BCUT2D eigenvalue weighted by Crippen LogP contribution is 2.22. The third kappa shape index (κ3) is 2.53. The highest BCUT2D eigenvalue weighted by Gasteiger charge is 2.16. The molecule has 1 aromatic rings. The molecule has 3 heteroatoms. The zero-order chi connectivity index (χ0) is 11.5.